The smallest absolute Gasteiger partial charge is 0.147 e. The van der Waals surface area contributed by atoms with Gasteiger partial charge in [-0.05, 0) is 125 Å². The molecule has 2 aromatic carbocycles. The Morgan fingerprint density at radius 3 is 1.23 bits per heavy atom. The van der Waals surface area contributed by atoms with Gasteiger partial charge in [-0.3, -0.25) is 0 Å². The van der Waals surface area contributed by atoms with E-state index in [9.17, 15) is 0 Å². The van der Waals surface area contributed by atoms with Crippen LogP contribution in [-0.4, -0.2) is 23.9 Å². The fraction of sp³-hybridized carbons (Fsp3) is 0.478. The van der Waals surface area contributed by atoms with Crippen LogP contribution in [0.1, 0.15) is 50.7 Å². The Balaban J connectivity index is 2.26. The maximum absolute atomic E-state index is 6.00. The third kappa shape index (κ3) is 7.98. The molecule has 0 N–H and O–H groups in total. The largest absolute Gasteiger partial charge is 0.491 e. The lowest BCUT2D eigenvalue weighted by Crippen LogP contribution is -2.19. The molecule has 0 bridgehead atoms. The highest BCUT2D eigenvalue weighted by molar-refractivity contribution is 9.11. The predicted octanol–water partition coefficient (Wildman–Crippen LogP) is 10.2. The third-order valence-corrected chi connectivity index (χ3v) is 8.47. The number of benzene rings is 2. The zero-order valence-corrected chi connectivity index (χ0v) is 27.1. The van der Waals surface area contributed by atoms with Gasteiger partial charge in [0.25, 0.3) is 0 Å². The molecule has 0 aliphatic rings. The number of ether oxygens (including phenoxy) is 2. The first-order valence-electron chi connectivity index (χ1n) is 10.1. The summed E-state index contributed by atoms with van der Waals surface area (Å²) in [5.74, 6) is 1.70. The molecule has 0 saturated heterocycles. The molecule has 0 fully saturated rings. The van der Waals surface area contributed by atoms with Crippen LogP contribution in [0.15, 0.2) is 42.2 Å². The molecule has 0 aromatic heterocycles. The lowest BCUT2D eigenvalue weighted by atomic mass is 9.78. The molecular weight excluding hydrogens is 788 g/mol. The summed E-state index contributed by atoms with van der Waals surface area (Å²) in [5, 5.41) is 2.00. The van der Waals surface area contributed by atoms with Crippen molar-refractivity contribution < 1.29 is 9.47 Å². The van der Waals surface area contributed by atoms with Gasteiger partial charge >= 0.3 is 0 Å². The molecule has 0 aliphatic carbocycles. The summed E-state index contributed by atoms with van der Waals surface area (Å²) in [7, 11) is 0. The molecule has 2 rings (SSSR count). The number of hydrogen-bond donors (Lipinski definition) is 0. The molecule has 0 amide bonds. The molecule has 2 nitrogen and oxygen atoms in total. The van der Waals surface area contributed by atoms with E-state index in [1.165, 1.54) is 11.1 Å². The highest BCUT2D eigenvalue weighted by atomic mass is 79.9. The monoisotopic (exact) mass is 808 g/mol. The van der Waals surface area contributed by atoms with E-state index >= 15 is 0 Å². The van der Waals surface area contributed by atoms with Gasteiger partial charge in [0, 0.05) is 16.1 Å². The van der Waals surface area contributed by atoms with Crippen LogP contribution in [0.25, 0.3) is 0 Å². The number of unbranched alkanes of at least 4 members (excludes halogenated alkanes) is 2. The maximum atomic E-state index is 6.00. The quantitative estimate of drug-likeness (QED) is 0.157. The molecule has 0 radical (unpaired) electrons. The van der Waals surface area contributed by atoms with Crippen molar-refractivity contribution in [3.63, 3.8) is 0 Å². The summed E-state index contributed by atoms with van der Waals surface area (Å²) in [6.45, 7) is 5.84. The summed E-state index contributed by atoms with van der Waals surface area (Å²) in [6.07, 6.45) is 4.23. The summed E-state index contributed by atoms with van der Waals surface area (Å²) in [6, 6.07) is 8.60. The van der Waals surface area contributed by atoms with E-state index in [2.05, 4.69) is 134 Å². The number of alkyl halides is 2. The fourth-order valence-corrected chi connectivity index (χ4v) is 6.65. The average Bonchev–Trinajstić information content (AvgIpc) is 2.71. The van der Waals surface area contributed by atoms with Crippen LogP contribution in [0.3, 0.4) is 0 Å². The average molecular weight is 814 g/mol. The molecule has 0 saturated carbocycles. The Labute approximate surface area is 236 Å². The van der Waals surface area contributed by atoms with Crippen LogP contribution in [0, 0.1) is 0 Å². The van der Waals surface area contributed by atoms with Crippen LogP contribution in [-0.2, 0) is 5.41 Å². The van der Waals surface area contributed by atoms with Crippen molar-refractivity contribution >= 4 is 95.6 Å². The Morgan fingerprint density at radius 2 is 0.935 bits per heavy atom. The highest BCUT2D eigenvalue weighted by Crippen LogP contribution is 2.44. The van der Waals surface area contributed by atoms with E-state index in [4.69, 9.17) is 9.47 Å². The van der Waals surface area contributed by atoms with Crippen molar-refractivity contribution in [1.82, 2.24) is 0 Å². The van der Waals surface area contributed by atoms with E-state index in [-0.39, 0.29) is 5.41 Å². The predicted molar refractivity (Wildman–Crippen MR) is 153 cm³/mol. The van der Waals surface area contributed by atoms with Crippen LogP contribution in [0.5, 0.6) is 11.5 Å². The number of halogens is 6. The van der Waals surface area contributed by atoms with Gasteiger partial charge in [-0.15, -0.1) is 0 Å². The molecule has 0 heterocycles. The molecule has 0 atom stereocenters. The van der Waals surface area contributed by atoms with Gasteiger partial charge in [-0.1, -0.05) is 45.7 Å². The van der Waals surface area contributed by atoms with Gasteiger partial charge in [-0.25, -0.2) is 0 Å². The van der Waals surface area contributed by atoms with E-state index in [0.717, 1.165) is 65.7 Å². The molecule has 31 heavy (non-hydrogen) atoms. The molecule has 0 aliphatic heterocycles. The summed E-state index contributed by atoms with van der Waals surface area (Å²) in [5.41, 5.74) is 2.15. The first kappa shape index (κ1) is 28.2. The molecule has 8 heteroatoms. The Morgan fingerprint density at radius 1 is 0.613 bits per heavy atom. The topological polar surface area (TPSA) is 18.5 Å². The van der Waals surface area contributed by atoms with Gasteiger partial charge in [0.05, 0.1) is 31.1 Å². The van der Waals surface area contributed by atoms with Crippen molar-refractivity contribution in [2.24, 2.45) is 0 Å². The van der Waals surface area contributed by atoms with Crippen molar-refractivity contribution in [1.29, 1.82) is 0 Å². The van der Waals surface area contributed by atoms with Crippen molar-refractivity contribution in [3.05, 3.63) is 53.3 Å². The second-order valence-electron chi connectivity index (χ2n) is 7.65. The molecular formula is C23H26Br6O2. The second-order valence-corrected chi connectivity index (χ2v) is 12.7. The van der Waals surface area contributed by atoms with Gasteiger partial charge in [0.1, 0.15) is 11.5 Å². The van der Waals surface area contributed by atoms with Gasteiger partial charge in [-0.2, -0.15) is 0 Å². The van der Waals surface area contributed by atoms with Crippen LogP contribution in [0.4, 0.5) is 0 Å². The number of hydrogen-bond acceptors (Lipinski definition) is 2. The Kier molecular flexibility index (Phi) is 12.5. The number of rotatable bonds is 12. The van der Waals surface area contributed by atoms with Gasteiger partial charge in [0.15, 0.2) is 0 Å². The summed E-state index contributed by atoms with van der Waals surface area (Å²) >= 11 is 21.8. The first-order valence-corrected chi connectivity index (χ1v) is 15.5. The highest BCUT2D eigenvalue weighted by Gasteiger charge is 2.27. The minimum Gasteiger partial charge on any atom is -0.491 e. The van der Waals surface area contributed by atoms with E-state index in [1.54, 1.807) is 0 Å². The summed E-state index contributed by atoms with van der Waals surface area (Å²) in [4.78, 5) is 0. The summed E-state index contributed by atoms with van der Waals surface area (Å²) < 4.78 is 15.8. The van der Waals surface area contributed by atoms with Gasteiger partial charge < -0.3 is 9.47 Å². The molecule has 0 unspecified atom stereocenters. The standard InChI is InChI=1S/C23H26Br6O2/c1-23(2,15-11-17(26)21(18(27)12-15)30-9-5-3-7-24)16-13-19(28)22(20(29)14-16)31-10-6-4-8-25/h11-14H,3-10H2,1-2H3. The van der Waals surface area contributed by atoms with E-state index in [0.29, 0.717) is 13.2 Å². The van der Waals surface area contributed by atoms with Crippen LogP contribution < -0.4 is 9.47 Å². The lowest BCUT2D eigenvalue weighted by Gasteiger charge is -2.28. The minimum absolute atomic E-state index is 0.223. The minimum atomic E-state index is -0.223. The molecule has 172 valence electrons. The van der Waals surface area contributed by atoms with Crippen molar-refractivity contribution in [2.45, 2.75) is 44.9 Å². The second kappa shape index (κ2) is 13.7. The SMILES string of the molecule is CC(C)(c1cc(Br)c(OCCCCBr)c(Br)c1)c1cc(Br)c(OCCCCBr)c(Br)c1. The van der Waals surface area contributed by atoms with Crippen molar-refractivity contribution in [2.75, 3.05) is 23.9 Å². The molecule has 0 spiro atoms. The normalized spacial score (nSPS) is 11.6. The van der Waals surface area contributed by atoms with Crippen LogP contribution >= 0.6 is 95.6 Å². The maximum Gasteiger partial charge on any atom is 0.147 e. The van der Waals surface area contributed by atoms with Crippen molar-refractivity contribution in [3.8, 4) is 11.5 Å². The zero-order valence-electron chi connectivity index (χ0n) is 17.6. The van der Waals surface area contributed by atoms with E-state index in [1.807, 2.05) is 0 Å². The van der Waals surface area contributed by atoms with Gasteiger partial charge in [0.2, 0.25) is 0 Å². The molecule has 2 aromatic rings. The lowest BCUT2D eigenvalue weighted by molar-refractivity contribution is 0.306. The third-order valence-electron chi connectivity index (χ3n) is 4.99. The first-order chi connectivity index (χ1) is 14.7. The zero-order chi connectivity index (χ0) is 23.0. The fourth-order valence-electron chi connectivity index (χ4n) is 3.03. The Bertz CT molecular complexity index is 754. The van der Waals surface area contributed by atoms with E-state index < -0.39 is 0 Å². The Hall–Kier alpha value is 0.920. The van der Waals surface area contributed by atoms with Crippen LogP contribution in [0.2, 0.25) is 0 Å².